The maximum absolute atomic E-state index is 11.6. The Morgan fingerprint density at radius 2 is 2.07 bits per heavy atom. The number of carbonyl (C=O) groups is 1. The lowest BCUT2D eigenvalue weighted by Crippen LogP contribution is -2.31. The number of rotatable bonds is 4. The van der Waals surface area contributed by atoms with Crippen molar-refractivity contribution in [3.05, 3.63) is 33.4 Å². The Morgan fingerprint density at radius 3 is 2.60 bits per heavy atom. The highest BCUT2D eigenvalue weighted by Gasteiger charge is 2.06. The second-order valence-electron chi connectivity index (χ2n) is 3.28. The molecule has 0 spiro atoms. The minimum Gasteiger partial charge on any atom is -0.391 e. The van der Waals surface area contributed by atoms with E-state index in [1.807, 2.05) is 19.1 Å². The predicted octanol–water partition coefficient (Wildman–Crippen LogP) is 1.79. The van der Waals surface area contributed by atoms with Crippen molar-refractivity contribution in [1.29, 1.82) is 0 Å². The van der Waals surface area contributed by atoms with Crippen molar-refractivity contribution in [2.24, 2.45) is 0 Å². The summed E-state index contributed by atoms with van der Waals surface area (Å²) in [4.78, 5) is 11.6. The minimum atomic E-state index is -0.460. The first-order valence-electron chi connectivity index (χ1n) is 4.85. The largest absolute Gasteiger partial charge is 0.391 e. The molecule has 0 aliphatic heterocycles. The summed E-state index contributed by atoms with van der Waals surface area (Å²) in [6.07, 6.45) is 0.185. The molecule has 1 aromatic rings. The van der Waals surface area contributed by atoms with Gasteiger partial charge in [-0.1, -0.05) is 6.92 Å². The van der Waals surface area contributed by atoms with Gasteiger partial charge in [-0.25, -0.2) is 0 Å². The van der Waals surface area contributed by atoms with Gasteiger partial charge in [0.1, 0.15) is 0 Å². The SMILES string of the molecule is CCC(O)CNC(=O)c1ccc(I)cc1. The van der Waals surface area contributed by atoms with Crippen LogP contribution in [0.1, 0.15) is 23.7 Å². The van der Waals surface area contributed by atoms with Gasteiger partial charge in [-0.2, -0.15) is 0 Å². The summed E-state index contributed by atoms with van der Waals surface area (Å²) < 4.78 is 1.10. The summed E-state index contributed by atoms with van der Waals surface area (Å²) >= 11 is 2.19. The van der Waals surface area contributed by atoms with Crippen LogP contribution < -0.4 is 5.32 Å². The standard InChI is InChI=1S/C11H14INO2/c1-2-10(14)7-13-11(15)8-3-5-9(12)6-4-8/h3-6,10,14H,2,7H2,1H3,(H,13,15). The van der Waals surface area contributed by atoms with E-state index in [-0.39, 0.29) is 5.91 Å². The summed E-state index contributed by atoms with van der Waals surface area (Å²) in [6.45, 7) is 2.18. The van der Waals surface area contributed by atoms with E-state index in [1.165, 1.54) is 0 Å². The zero-order valence-electron chi connectivity index (χ0n) is 8.53. The maximum Gasteiger partial charge on any atom is 0.251 e. The summed E-state index contributed by atoms with van der Waals surface area (Å²) in [6, 6.07) is 7.31. The van der Waals surface area contributed by atoms with E-state index in [1.54, 1.807) is 12.1 Å². The zero-order chi connectivity index (χ0) is 11.3. The molecule has 0 aliphatic rings. The van der Waals surface area contributed by atoms with Crippen molar-refractivity contribution in [3.8, 4) is 0 Å². The number of aliphatic hydroxyl groups excluding tert-OH is 1. The molecule has 15 heavy (non-hydrogen) atoms. The molecule has 0 fully saturated rings. The van der Waals surface area contributed by atoms with Crippen LogP contribution in [0.2, 0.25) is 0 Å². The monoisotopic (exact) mass is 319 g/mol. The fraction of sp³-hybridized carbons (Fsp3) is 0.364. The van der Waals surface area contributed by atoms with Gasteiger partial charge in [-0.15, -0.1) is 0 Å². The Bertz CT molecular complexity index is 324. The summed E-state index contributed by atoms with van der Waals surface area (Å²) in [5, 5.41) is 12.0. The van der Waals surface area contributed by atoms with Crippen LogP contribution in [0.4, 0.5) is 0 Å². The van der Waals surface area contributed by atoms with Gasteiger partial charge < -0.3 is 10.4 Å². The topological polar surface area (TPSA) is 49.3 Å². The molecule has 1 unspecified atom stereocenters. The number of hydrogen-bond acceptors (Lipinski definition) is 2. The second-order valence-corrected chi connectivity index (χ2v) is 4.52. The lowest BCUT2D eigenvalue weighted by atomic mass is 10.2. The molecule has 1 rings (SSSR count). The molecule has 0 heterocycles. The van der Waals surface area contributed by atoms with Crippen LogP contribution >= 0.6 is 22.6 Å². The van der Waals surface area contributed by atoms with Gasteiger partial charge in [0, 0.05) is 15.7 Å². The maximum atomic E-state index is 11.6. The van der Waals surface area contributed by atoms with Crippen molar-refractivity contribution < 1.29 is 9.90 Å². The van der Waals surface area contributed by atoms with Gasteiger partial charge >= 0.3 is 0 Å². The van der Waals surface area contributed by atoms with Gasteiger partial charge in [-0.05, 0) is 53.3 Å². The van der Waals surface area contributed by atoms with E-state index < -0.39 is 6.10 Å². The molecule has 1 atom stereocenters. The molecule has 0 radical (unpaired) electrons. The molecule has 82 valence electrons. The summed E-state index contributed by atoms with van der Waals surface area (Å²) in [7, 11) is 0. The second kappa shape index (κ2) is 6.07. The van der Waals surface area contributed by atoms with Gasteiger partial charge in [0.25, 0.3) is 5.91 Å². The average molecular weight is 319 g/mol. The molecule has 0 saturated heterocycles. The number of nitrogens with one attached hydrogen (secondary N) is 1. The number of amides is 1. The number of hydrogen-bond donors (Lipinski definition) is 2. The molecule has 0 saturated carbocycles. The van der Waals surface area contributed by atoms with E-state index in [2.05, 4.69) is 27.9 Å². The van der Waals surface area contributed by atoms with Crippen molar-refractivity contribution in [2.45, 2.75) is 19.4 Å². The van der Waals surface area contributed by atoms with Gasteiger partial charge in [0.15, 0.2) is 0 Å². The number of carbonyl (C=O) groups excluding carboxylic acids is 1. The third-order valence-corrected chi connectivity index (χ3v) is 2.80. The molecule has 2 N–H and O–H groups in total. The zero-order valence-corrected chi connectivity index (χ0v) is 10.7. The first-order valence-corrected chi connectivity index (χ1v) is 5.93. The van der Waals surface area contributed by atoms with Crippen molar-refractivity contribution in [2.75, 3.05) is 6.54 Å². The van der Waals surface area contributed by atoms with Crippen molar-refractivity contribution >= 4 is 28.5 Å². The van der Waals surface area contributed by atoms with Gasteiger partial charge in [0.2, 0.25) is 0 Å². The Kier molecular flexibility index (Phi) is 5.04. The molecule has 0 bridgehead atoms. The van der Waals surface area contributed by atoms with Gasteiger partial charge in [0.05, 0.1) is 6.10 Å². The predicted molar refractivity (Wildman–Crippen MR) is 67.8 cm³/mol. The number of benzene rings is 1. The lowest BCUT2D eigenvalue weighted by molar-refractivity contribution is 0.0914. The van der Waals surface area contributed by atoms with Crippen LogP contribution in [0.3, 0.4) is 0 Å². The Labute approximate surface area is 103 Å². The molecule has 0 aromatic heterocycles. The van der Waals surface area contributed by atoms with E-state index >= 15 is 0 Å². The summed E-state index contributed by atoms with van der Waals surface area (Å²) in [5.41, 5.74) is 0.624. The van der Waals surface area contributed by atoms with Crippen LogP contribution in [0.15, 0.2) is 24.3 Å². The Balaban J connectivity index is 2.50. The third kappa shape index (κ3) is 4.17. The Hall–Kier alpha value is -0.620. The van der Waals surface area contributed by atoms with Crippen LogP contribution in [0.5, 0.6) is 0 Å². The first kappa shape index (κ1) is 12.4. The molecular formula is C11H14INO2. The average Bonchev–Trinajstić information content (AvgIpc) is 2.26. The highest BCUT2D eigenvalue weighted by Crippen LogP contribution is 2.06. The minimum absolute atomic E-state index is 0.140. The summed E-state index contributed by atoms with van der Waals surface area (Å²) in [5.74, 6) is -0.140. The van der Waals surface area contributed by atoms with Crippen LogP contribution in [-0.4, -0.2) is 23.7 Å². The van der Waals surface area contributed by atoms with Crippen LogP contribution in [-0.2, 0) is 0 Å². The smallest absolute Gasteiger partial charge is 0.251 e. The Morgan fingerprint density at radius 1 is 1.47 bits per heavy atom. The molecule has 0 aliphatic carbocycles. The first-order chi connectivity index (χ1) is 7.13. The van der Waals surface area contributed by atoms with E-state index in [4.69, 9.17) is 0 Å². The van der Waals surface area contributed by atoms with E-state index in [0.717, 1.165) is 3.57 Å². The van der Waals surface area contributed by atoms with Crippen molar-refractivity contribution in [1.82, 2.24) is 5.32 Å². The fourth-order valence-electron chi connectivity index (χ4n) is 1.06. The third-order valence-electron chi connectivity index (χ3n) is 2.08. The number of aliphatic hydroxyl groups is 1. The van der Waals surface area contributed by atoms with E-state index in [9.17, 15) is 9.90 Å². The van der Waals surface area contributed by atoms with Crippen molar-refractivity contribution in [3.63, 3.8) is 0 Å². The molecular weight excluding hydrogens is 305 g/mol. The highest BCUT2D eigenvalue weighted by atomic mass is 127. The molecule has 4 heteroatoms. The molecule has 1 aromatic carbocycles. The number of halogens is 1. The van der Waals surface area contributed by atoms with E-state index in [0.29, 0.717) is 18.5 Å². The lowest BCUT2D eigenvalue weighted by Gasteiger charge is -2.09. The normalized spacial score (nSPS) is 12.2. The van der Waals surface area contributed by atoms with Crippen LogP contribution in [0, 0.1) is 3.57 Å². The van der Waals surface area contributed by atoms with Gasteiger partial charge in [-0.3, -0.25) is 4.79 Å². The quantitative estimate of drug-likeness (QED) is 0.832. The fourth-order valence-corrected chi connectivity index (χ4v) is 1.42. The van der Waals surface area contributed by atoms with Crippen LogP contribution in [0.25, 0.3) is 0 Å². The molecule has 1 amide bonds. The highest BCUT2D eigenvalue weighted by molar-refractivity contribution is 14.1. The molecule has 3 nitrogen and oxygen atoms in total.